The molecule has 1 aromatic rings. The van der Waals surface area contributed by atoms with Crippen molar-refractivity contribution in [3.63, 3.8) is 0 Å². The normalized spacial score (nSPS) is 19.5. The zero-order chi connectivity index (χ0) is 18.2. The Hall–Kier alpha value is -1.34. The molecule has 3 rings (SSSR count). The first-order chi connectivity index (χ1) is 12.7. The molecule has 7 heteroatoms. The molecule has 2 fully saturated rings. The summed E-state index contributed by atoms with van der Waals surface area (Å²) in [6, 6.07) is 8.11. The van der Waals surface area contributed by atoms with Crippen molar-refractivity contribution in [3.05, 3.63) is 34.9 Å². The minimum Gasteiger partial charge on any atom is -0.379 e. The molecule has 26 heavy (non-hydrogen) atoms. The summed E-state index contributed by atoms with van der Waals surface area (Å²) in [6.07, 6.45) is 1.02. The molecule has 2 saturated heterocycles. The van der Waals surface area contributed by atoms with Crippen molar-refractivity contribution in [2.24, 2.45) is 0 Å². The second-order valence-electron chi connectivity index (χ2n) is 6.89. The number of nitrogens with zero attached hydrogens (tertiary/aromatic N) is 3. The number of piperazine rings is 1. The van der Waals surface area contributed by atoms with Crippen molar-refractivity contribution >= 4 is 17.6 Å². The van der Waals surface area contributed by atoms with Gasteiger partial charge < -0.3 is 15.0 Å². The predicted octanol–water partition coefficient (Wildman–Crippen LogP) is 1.54. The SMILES string of the molecule is O=C(NCCN1CCOCC1)N1CCN(CCc2ccc(Cl)cc2)CC1. The fraction of sp³-hybridized carbons (Fsp3) is 0.632. The van der Waals surface area contributed by atoms with E-state index in [-0.39, 0.29) is 6.03 Å². The second kappa shape index (κ2) is 10.1. The monoisotopic (exact) mass is 380 g/mol. The van der Waals surface area contributed by atoms with Crippen LogP contribution in [-0.4, -0.2) is 92.8 Å². The Bertz CT molecular complexity index is 555. The van der Waals surface area contributed by atoms with E-state index in [4.69, 9.17) is 16.3 Å². The van der Waals surface area contributed by atoms with Gasteiger partial charge in [0.25, 0.3) is 0 Å². The Morgan fingerprint density at radius 1 is 0.962 bits per heavy atom. The van der Waals surface area contributed by atoms with E-state index < -0.39 is 0 Å². The third-order valence-corrected chi connectivity index (χ3v) is 5.35. The van der Waals surface area contributed by atoms with E-state index >= 15 is 0 Å². The first kappa shape index (κ1) is 19.4. The van der Waals surface area contributed by atoms with Gasteiger partial charge in [0, 0.05) is 63.9 Å². The highest BCUT2D eigenvalue weighted by Crippen LogP contribution is 2.11. The number of hydrogen-bond donors (Lipinski definition) is 1. The fourth-order valence-electron chi connectivity index (χ4n) is 3.37. The van der Waals surface area contributed by atoms with Crippen LogP contribution in [0.15, 0.2) is 24.3 Å². The summed E-state index contributed by atoms with van der Waals surface area (Å²) in [6.45, 7) is 9.60. The summed E-state index contributed by atoms with van der Waals surface area (Å²) in [5, 5.41) is 3.83. The number of hydrogen-bond acceptors (Lipinski definition) is 4. The number of amides is 2. The number of urea groups is 1. The zero-order valence-electron chi connectivity index (χ0n) is 15.3. The van der Waals surface area contributed by atoms with Crippen LogP contribution in [0.2, 0.25) is 5.02 Å². The van der Waals surface area contributed by atoms with Crippen LogP contribution in [0.3, 0.4) is 0 Å². The lowest BCUT2D eigenvalue weighted by atomic mass is 10.1. The van der Waals surface area contributed by atoms with E-state index in [1.54, 1.807) is 0 Å². The maximum absolute atomic E-state index is 12.3. The average molecular weight is 381 g/mol. The highest BCUT2D eigenvalue weighted by molar-refractivity contribution is 6.30. The van der Waals surface area contributed by atoms with Crippen LogP contribution in [-0.2, 0) is 11.2 Å². The van der Waals surface area contributed by atoms with E-state index in [1.807, 2.05) is 17.0 Å². The van der Waals surface area contributed by atoms with E-state index in [1.165, 1.54) is 5.56 Å². The number of benzene rings is 1. The molecule has 1 aromatic carbocycles. The largest absolute Gasteiger partial charge is 0.379 e. The van der Waals surface area contributed by atoms with Crippen molar-refractivity contribution in [2.75, 3.05) is 72.1 Å². The standard InChI is InChI=1S/C19H29ClN4O2/c20-18-3-1-17(2-4-18)5-7-22-9-11-24(12-10-22)19(25)21-6-8-23-13-15-26-16-14-23/h1-4H,5-16H2,(H,21,25). The van der Waals surface area contributed by atoms with Gasteiger partial charge in [-0.15, -0.1) is 0 Å². The molecule has 0 aliphatic carbocycles. The van der Waals surface area contributed by atoms with E-state index in [0.717, 1.165) is 77.0 Å². The molecule has 2 heterocycles. The van der Waals surface area contributed by atoms with Crippen LogP contribution >= 0.6 is 11.6 Å². The van der Waals surface area contributed by atoms with Gasteiger partial charge >= 0.3 is 6.03 Å². The smallest absolute Gasteiger partial charge is 0.317 e. The molecule has 144 valence electrons. The van der Waals surface area contributed by atoms with Crippen molar-refractivity contribution < 1.29 is 9.53 Å². The summed E-state index contributed by atoms with van der Waals surface area (Å²) >= 11 is 5.92. The van der Waals surface area contributed by atoms with Crippen LogP contribution in [0.1, 0.15) is 5.56 Å². The topological polar surface area (TPSA) is 48.1 Å². The number of rotatable bonds is 6. The third kappa shape index (κ3) is 6.13. The Morgan fingerprint density at radius 2 is 1.62 bits per heavy atom. The first-order valence-electron chi connectivity index (χ1n) is 9.50. The molecule has 0 radical (unpaired) electrons. The molecule has 2 aliphatic rings. The van der Waals surface area contributed by atoms with Gasteiger partial charge in [0.15, 0.2) is 0 Å². The van der Waals surface area contributed by atoms with Gasteiger partial charge in [0.1, 0.15) is 0 Å². The highest BCUT2D eigenvalue weighted by atomic mass is 35.5. The molecule has 0 bridgehead atoms. The number of halogens is 1. The number of morpholine rings is 1. The Kier molecular flexibility index (Phi) is 7.55. The molecule has 0 atom stereocenters. The molecule has 0 aromatic heterocycles. The van der Waals surface area contributed by atoms with Crippen molar-refractivity contribution in [1.29, 1.82) is 0 Å². The number of carbonyl (C=O) groups is 1. The third-order valence-electron chi connectivity index (χ3n) is 5.10. The van der Waals surface area contributed by atoms with Gasteiger partial charge in [-0.05, 0) is 24.1 Å². The molecular weight excluding hydrogens is 352 g/mol. The minimum absolute atomic E-state index is 0.0654. The van der Waals surface area contributed by atoms with Gasteiger partial charge in [0.2, 0.25) is 0 Å². The predicted molar refractivity (Wildman–Crippen MR) is 104 cm³/mol. The molecular formula is C19H29ClN4O2. The first-order valence-corrected chi connectivity index (χ1v) is 9.88. The van der Waals surface area contributed by atoms with E-state index in [0.29, 0.717) is 6.54 Å². The molecule has 2 amide bonds. The van der Waals surface area contributed by atoms with Crippen LogP contribution < -0.4 is 5.32 Å². The van der Waals surface area contributed by atoms with E-state index in [9.17, 15) is 4.79 Å². The lowest BCUT2D eigenvalue weighted by Crippen LogP contribution is -2.53. The maximum Gasteiger partial charge on any atom is 0.317 e. The zero-order valence-corrected chi connectivity index (χ0v) is 16.1. The van der Waals surface area contributed by atoms with Gasteiger partial charge in [-0.3, -0.25) is 9.80 Å². The number of carbonyl (C=O) groups excluding carboxylic acids is 1. The number of nitrogens with one attached hydrogen (secondary N) is 1. The summed E-state index contributed by atoms with van der Waals surface area (Å²) in [7, 11) is 0. The van der Waals surface area contributed by atoms with Crippen LogP contribution in [0.25, 0.3) is 0 Å². The Labute approximate surface area is 161 Å². The van der Waals surface area contributed by atoms with Gasteiger partial charge in [-0.25, -0.2) is 4.79 Å². The minimum atomic E-state index is 0.0654. The van der Waals surface area contributed by atoms with Gasteiger partial charge in [-0.1, -0.05) is 23.7 Å². The molecule has 0 saturated carbocycles. The Morgan fingerprint density at radius 3 is 2.31 bits per heavy atom. The van der Waals surface area contributed by atoms with Crippen LogP contribution in [0.5, 0.6) is 0 Å². The van der Waals surface area contributed by atoms with Crippen molar-refractivity contribution in [3.8, 4) is 0 Å². The molecule has 6 nitrogen and oxygen atoms in total. The average Bonchev–Trinajstić information content (AvgIpc) is 2.69. The number of ether oxygens (including phenoxy) is 1. The fourth-order valence-corrected chi connectivity index (χ4v) is 3.50. The highest BCUT2D eigenvalue weighted by Gasteiger charge is 2.20. The van der Waals surface area contributed by atoms with Crippen LogP contribution in [0.4, 0.5) is 4.79 Å². The lowest BCUT2D eigenvalue weighted by Gasteiger charge is -2.35. The lowest BCUT2D eigenvalue weighted by molar-refractivity contribution is 0.0385. The molecule has 0 spiro atoms. The Balaban J connectivity index is 1.30. The second-order valence-corrected chi connectivity index (χ2v) is 7.33. The van der Waals surface area contributed by atoms with Crippen LogP contribution in [0, 0.1) is 0 Å². The maximum atomic E-state index is 12.3. The van der Waals surface area contributed by atoms with Crippen molar-refractivity contribution in [1.82, 2.24) is 20.0 Å². The summed E-state index contributed by atoms with van der Waals surface area (Å²) < 4.78 is 5.34. The summed E-state index contributed by atoms with van der Waals surface area (Å²) in [5.74, 6) is 0. The summed E-state index contributed by atoms with van der Waals surface area (Å²) in [5.41, 5.74) is 1.30. The van der Waals surface area contributed by atoms with E-state index in [2.05, 4.69) is 27.2 Å². The quantitative estimate of drug-likeness (QED) is 0.813. The molecule has 1 N–H and O–H groups in total. The molecule has 2 aliphatic heterocycles. The van der Waals surface area contributed by atoms with Gasteiger partial charge in [-0.2, -0.15) is 0 Å². The van der Waals surface area contributed by atoms with Gasteiger partial charge in [0.05, 0.1) is 13.2 Å². The molecule has 0 unspecified atom stereocenters. The summed E-state index contributed by atoms with van der Waals surface area (Å²) in [4.78, 5) is 19.0. The van der Waals surface area contributed by atoms with Crippen molar-refractivity contribution in [2.45, 2.75) is 6.42 Å².